The van der Waals surface area contributed by atoms with Crippen LogP contribution >= 0.6 is 11.3 Å². The lowest BCUT2D eigenvalue weighted by Crippen LogP contribution is -2.17. The molecule has 114 valence electrons. The summed E-state index contributed by atoms with van der Waals surface area (Å²) >= 11 is 1.17. The maximum atomic E-state index is 11.8. The highest BCUT2D eigenvalue weighted by atomic mass is 32.1. The molecule has 8 heteroatoms. The predicted octanol–water partition coefficient (Wildman–Crippen LogP) is 2.82. The van der Waals surface area contributed by atoms with Crippen molar-refractivity contribution in [3.8, 4) is 5.75 Å². The summed E-state index contributed by atoms with van der Waals surface area (Å²) in [5.74, 6) is 0.318. The Bertz CT molecular complexity index is 694. The summed E-state index contributed by atoms with van der Waals surface area (Å²) in [6.07, 6.45) is 1.37. The highest BCUT2D eigenvalue weighted by Crippen LogP contribution is 2.19. The Kier molecular flexibility index (Phi) is 5.21. The molecule has 1 aromatic carbocycles. The molecule has 1 aromatic heterocycles. The van der Waals surface area contributed by atoms with Crippen molar-refractivity contribution in [2.45, 2.75) is 6.92 Å². The van der Waals surface area contributed by atoms with Gasteiger partial charge in [0.1, 0.15) is 5.75 Å². The molecule has 2 rings (SSSR count). The van der Waals surface area contributed by atoms with Crippen LogP contribution in [0.1, 0.15) is 22.2 Å². The highest BCUT2D eigenvalue weighted by Gasteiger charge is 2.08. The van der Waals surface area contributed by atoms with Crippen molar-refractivity contribution in [3.63, 3.8) is 0 Å². The number of benzene rings is 1. The second-order valence-corrected chi connectivity index (χ2v) is 5.06. The Balaban J connectivity index is 1.93. The third-order valence-electron chi connectivity index (χ3n) is 2.60. The molecule has 22 heavy (non-hydrogen) atoms. The minimum Gasteiger partial charge on any atom is -0.494 e. The van der Waals surface area contributed by atoms with E-state index < -0.39 is 4.92 Å². The summed E-state index contributed by atoms with van der Waals surface area (Å²) < 4.78 is 5.29. The second kappa shape index (κ2) is 7.32. The van der Waals surface area contributed by atoms with Crippen LogP contribution in [0, 0.1) is 10.1 Å². The van der Waals surface area contributed by atoms with E-state index in [0.29, 0.717) is 22.8 Å². The highest BCUT2D eigenvalue weighted by molar-refractivity contribution is 7.12. The quantitative estimate of drug-likeness (QED) is 0.503. The normalized spacial score (nSPS) is 10.6. The predicted molar refractivity (Wildman–Crippen MR) is 83.6 cm³/mol. The fourth-order valence-corrected chi connectivity index (χ4v) is 2.31. The van der Waals surface area contributed by atoms with Gasteiger partial charge < -0.3 is 4.74 Å². The fraction of sp³-hybridized carbons (Fsp3) is 0.143. The van der Waals surface area contributed by atoms with E-state index >= 15 is 0 Å². The summed E-state index contributed by atoms with van der Waals surface area (Å²) in [5.41, 5.74) is 2.81. The Morgan fingerprint density at radius 3 is 2.77 bits per heavy atom. The van der Waals surface area contributed by atoms with Crippen LogP contribution < -0.4 is 10.2 Å². The van der Waals surface area contributed by atoms with Gasteiger partial charge in [0.15, 0.2) is 0 Å². The average molecular weight is 319 g/mol. The summed E-state index contributed by atoms with van der Waals surface area (Å²) in [5, 5.41) is 15.7. The number of nitrogens with zero attached hydrogens (tertiary/aromatic N) is 2. The monoisotopic (exact) mass is 319 g/mol. The Labute approximate surface area is 130 Å². The zero-order chi connectivity index (χ0) is 15.9. The van der Waals surface area contributed by atoms with Gasteiger partial charge in [-0.25, -0.2) is 5.43 Å². The van der Waals surface area contributed by atoms with Crippen LogP contribution in [0.2, 0.25) is 0 Å². The number of hydrazone groups is 1. The first kappa shape index (κ1) is 15.6. The zero-order valence-electron chi connectivity index (χ0n) is 11.7. The lowest BCUT2D eigenvalue weighted by molar-refractivity contribution is -0.384. The molecule has 0 saturated heterocycles. The molecule has 0 bridgehead atoms. The van der Waals surface area contributed by atoms with Gasteiger partial charge in [0.25, 0.3) is 11.6 Å². The molecular weight excluding hydrogens is 306 g/mol. The third-order valence-corrected chi connectivity index (χ3v) is 3.46. The molecule has 0 aliphatic heterocycles. The van der Waals surface area contributed by atoms with Crippen LogP contribution in [-0.2, 0) is 0 Å². The summed E-state index contributed by atoms with van der Waals surface area (Å²) in [6.45, 7) is 2.44. The Morgan fingerprint density at radius 1 is 1.45 bits per heavy atom. The SMILES string of the molecule is CCOc1ccc(C(=O)N/N=C/c2cc([N+](=O)[O-])cs2)cc1. The minimum atomic E-state index is -0.480. The largest absolute Gasteiger partial charge is 0.494 e. The molecule has 0 aliphatic rings. The smallest absolute Gasteiger partial charge is 0.280 e. The van der Waals surface area contributed by atoms with Crippen molar-refractivity contribution < 1.29 is 14.5 Å². The number of carbonyl (C=O) groups excluding carboxylic acids is 1. The van der Waals surface area contributed by atoms with Gasteiger partial charge in [-0.15, -0.1) is 11.3 Å². The van der Waals surface area contributed by atoms with E-state index in [-0.39, 0.29) is 11.6 Å². The number of nitro groups is 1. The van der Waals surface area contributed by atoms with Gasteiger partial charge in [-0.3, -0.25) is 14.9 Å². The van der Waals surface area contributed by atoms with Gasteiger partial charge >= 0.3 is 0 Å². The van der Waals surface area contributed by atoms with E-state index in [4.69, 9.17) is 4.74 Å². The zero-order valence-corrected chi connectivity index (χ0v) is 12.5. The van der Waals surface area contributed by atoms with Crippen LogP contribution in [0.3, 0.4) is 0 Å². The molecule has 2 aromatic rings. The first-order valence-corrected chi connectivity index (χ1v) is 7.27. The first-order valence-electron chi connectivity index (χ1n) is 6.39. The lowest BCUT2D eigenvalue weighted by atomic mass is 10.2. The van der Waals surface area contributed by atoms with E-state index in [9.17, 15) is 14.9 Å². The number of hydrogen-bond acceptors (Lipinski definition) is 6. The van der Waals surface area contributed by atoms with Gasteiger partial charge in [0.05, 0.1) is 28.0 Å². The fourth-order valence-electron chi connectivity index (χ4n) is 1.59. The summed E-state index contributed by atoms with van der Waals surface area (Å²) in [4.78, 5) is 22.5. The maximum Gasteiger partial charge on any atom is 0.280 e. The molecule has 1 N–H and O–H groups in total. The van der Waals surface area contributed by atoms with E-state index in [1.54, 1.807) is 24.3 Å². The molecule has 0 fully saturated rings. The molecule has 0 spiro atoms. The van der Waals surface area contributed by atoms with E-state index in [0.717, 1.165) is 0 Å². The molecule has 1 heterocycles. The van der Waals surface area contributed by atoms with Gasteiger partial charge in [-0.1, -0.05) is 0 Å². The van der Waals surface area contributed by atoms with Crippen molar-refractivity contribution in [3.05, 3.63) is 56.3 Å². The van der Waals surface area contributed by atoms with Crippen LogP contribution in [0.4, 0.5) is 5.69 Å². The minimum absolute atomic E-state index is 0.00397. The number of carbonyl (C=O) groups is 1. The number of thiophene rings is 1. The van der Waals surface area contributed by atoms with Crippen molar-refractivity contribution in [1.29, 1.82) is 0 Å². The Hall–Kier alpha value is -2.74. The van der Waals surface area contributed by atoms with Gasteiger partial charge in [-0.2, -0.15) is 5.10 Å². The van der Waals surface area contributed by atoms with E-state index in [1.807, 2.05) is 6.92 Å². The number of amides is 1. The molecule has 0 aliphatic carbocycles. The first-order chi connectivity index (χ1) is 10.6. The molecule has 7 nitrogen and oxygen atoms in total. The average Bonchev–Trinajstić information content (AvgIpc) is 2.97. The summed E-state index contributed by atoms with van der Waals surface area (Å²) in [6, 6.07) is 8.05. The number of nitrogens with one attached hydrogen (secondary N) is 1. The lowest BCUT2D eigenvalue weighted by Gasteiger charge is -2.03. The standard InChI is InChI=1S/C14H13N3O4S/c1-2-21-12-5-3-10(4-6-12)14(18)16-15-8-13-7-11(9-22-13)17(19)20/h3-9H,2H2,1H3,(H,16,18)/b15-8+. The molecule has 1 amide bonds. The van der Waals surface area contributed by atoms with Crippen molar-refractivity contribution in [2.24, 2.45) is 5.10 Å². The van der Waals surface area contributed by atoms with Gasteiger partial charge in [-0.05, 0) is 31.2 Å². The summed E-state index contributed by atoms with van der Waals surface area (Å²) in [7, 11) is 0. The second-order valence-electron chi connectivity index (χ2n) is 4.12. The van der Waals surface area contributed by atoms with Crippen molar-refractivity contribution >= 4 is 29.1 Å². The molecule has 0 atom stereocenters. The van der Waals surface area contributed by atoms with Gasteiger partial charge in [0.2, 0.25) is 0 Å². The van der Waals surface area contributed by atoms with Crippen molar-refractivity contribution in [2.75, 3.05) is 6.61 Å². The molecule has 0 radical (unpaired) electrons. The van der Waals surface area contributed by atoms with Crippen LogP contribution in [0.5, 0.6) is 5.75 Å². The molecule has 0 saturated carbocycles. The van der Waals surface area contributed by atoms with Gasteiger partial charge in [0, 0.05) is 11.6 Å². The molecule has 0 unspecified atom stereocenters. The number of rotatable bonds is 6. The third kappa shape index (κ3) is 4.13. The van der Waals surface area contributed by atoms with E-state index in [2.05, 4.69) is 10.5 Å². The number of hydrogen-bond donors (Lipinski definition) is 1. The number of ether oxygens (including phenoxy) is 1. The Morgan fingerprint density at radius 2 is 2.18 bits per heavy atom. The van der Waals surface area contributed by atoms with Crippen LogP contribution in [-0.4, -0.2) is 23.7 Å². The van der Waals surface area contributed by atoms with Crippen LogP contribution in [0.25, 0.3) is 0 Å². The van der Waals surface area contributed by atoms with Crippen LogP contribution in [0.15, 0.2) is 40.8 Å². The van der Waals surface area contributed by atoms with Crippen molar-refractivity contribution in [1.82, 2.24) is 5.43 Å². The van der Waals surface area contributed by atoms with E-state index in [1.165, 1.54) is 29.0 Å². The maximum absolute atomic E-state index is 11.8. The molecular formula is C14H13N3O4S. The topological polar surface area (TPSA) is 93.8 Å².